The summed E-state index contributed by atoms with van der Waals surface area (Å²) in [5.41, 5.74) is 3.58. The number of para-hydroxylation sites is 1. The highest BCUT2D eigenvalue weighted by Crippen LogP contribution is 2.26. The molecule has 0 radical (unpaired) electrons. The molecule has 0 aliphatic heterocycles. The summed E-state index contributed by atoms with van der Waals surface area (Å²) in [6.07, 6.45) is 0. The first-order valence-electron chi connectivity index (χ1n) is 7.24. The van der Waals surface area contributed by atoms with E-state index >= 15 is 0 Å². The quantitative estimate of drug-likeness (QED) is 0.780. The van der Waals surface area contributed by atoms with Crippen LogP contribution in [0.5, 0.6) is 0 Å². The summed E-state index contributed by atoms with van der Waals surface area (Å²) < 4.78 is 25.2. The van der Waals surface area contributed by atoms with Crippen LogP contribution in [0.4, 0.5) is 5.69 Å². The zero-order chi connectivity index (χ0) is 17.3. The molecule has 0 atom stereocenters. The summed E-state index contributed by atoms with van der Waals surface area (Å²) >= 11 is 1.50. The molecule has 5 nitrogen and oxygen atoms in total. The van der Waals surface area contributed by atoms with Crippen molar-refractivity contribution >= 4 is 27.0 Å². The van der Waals surface area contributed by atoms with Crippen molar-refractivity contribution in [2.24, 2.45) is 17.2 Å². The number of nitrogens with zero attached hydrogens (tertiary/aromatic N) is 2. The van der Waals surface area contributed by atoms with Gasteiger partial charge in [-0.1, -0.05) is 24.3 Å². The molecule has 0 amide bonds. The fraction of sp³-hybridized carbons (Fsp3) is 0.118. The summed E-state index contributed by atoms with van der Waals surface area (Å²) in [6.45, 7) is 1.94. The Morgan fingerprint density at radius 2 is 1.83 bits per heavy atom. The van der Waals surface area contributed by atoms with Crippen molar-refractivity contribution < 1.29 is 8.42 Å². The first-order chi connectivity index (χ1) is 11.4. The lowest BCUT2D eigenvalue weighted by Crippen LogP contribution is -2.13. The third-order valence-electron chi connectivity index (χ3n) is 3.72. The molecule has 2 N–H and O–H groups in total. The second kappa shape index (κ2) is 6.35. The van der Waals surface area contributed by atoms with Crippen LogP contribution in [0.1, 0.15) is 5.56 Å². The maximum Gasteiger partial charge on any atom is 0.238 e. The fourth-order valence-electron chi connectivity index (χ4n) is 2.38. The summed E-state index contributed by atoms with van der Waals surface area (Å²) in [5.74, 6) is 0. The lowest BCUT2D eigenvalue weighted by Gasteiger charge is -2.09. The zero-order valence-electron chi connectivity index (χ0n) is 13.3. The molecule has 0 aliphatic carbocycles. The van der Waals surface area contributed by atoms with Gasteiger partial charge in [0.25, 0.3) is 0 Å². The number of primary sulfonamides is 1. The zero-order valence-corrected chi connectivity index (χ0v) is 14.9. The van der Waals surface area contributed by atoms with Gasteiger partial charge in [0, 0.05) is 18.0 Å². The molecule has 0 aliphatic rings. The average Bonchev–Trinajstić information content (AvgIpc) is 2.89. The lowest BCUT2D eigenvalue weighted by atomic mass is 10.1. The number of hydrogen-bond acceptors (Lipinski definition) is 4. The molecule has 0 bridgehead atoms. The van der Waals surface area contributed by atoms with Crippen LogP contribution in [-0.2, 0) is 17.1 Å². The Labute approximate surface area is 144 Å². The topological polar surface area (TPSA) is 77.5 Å². The predicted octanol–water partition coefficient (Wildman–Crippen LogP) is 2.94. The van der Waals surface area contributed by atoms with Crippen molar-refractivity contribution in [3.63, 3.8) is 0 Å². The molecular weight excluding hydrogens is 342 g/mol. The van der Waals surface area contributed by atoms with Crippen molar-refractivity contribution in [2.75, 3.05) is 0 Å². The second-order valence-corrected chi connectivity index (χ2v) is 7.83. The minimum absolute atomic E-state index is 0.107. The van der Waals surface area contributed by atoms with E-state index in [0.29, 0.717) is 0 Å². The van der Waals surface area contributed by atoms with E-state index in [4.69, 9.17) is 5.14 Å². The molecule has 3 aromatic rings. The number of sulfonamides is 1. The Hall–Kier alpha value is -2.22. The fourth-order valence-corrected chi connectivity index (χ4v) is 3.84. The highest BCUT2D eigenvalue weighted by molar-refractivity contribution is 7.89. The Morgan fingerprint density at radius 3 is 2.50 bits per heavy atom. The van der Waals surface area contributed by atoms with Gasteiger partial charge in [0.15, 0.2) is 4.80 Å². The van der Waals surface area contributed by atoms with Crippen LogP contribution in [0, 0.1) is 6.92 Å². The average molecular weight is 359 g/mol. The monoisotopic (exact) mass is 359 g/mol. The van der Waals surface area contributed by atoms with Gasteiger partial charge in [0.05, 0.1) is 16.3 Å². The third kappa shape index (κ3) is 3.33. The van der Waals surface area contributed by atoms with Crippen molar-refractivity contribution in [3.05, 3.63) is 64.3 Å². The molecule has 0 saturated heterocycles. The Bertz CT molecular complexity index is 1050. The Kier molecular flexibility index (Phi) is 4.40. The van der Waals surface area contributed by atoms with Crippen LogP contribution < -0.4 is 9.94 Å². The van der Waals surface area contributed by atoms with Crippen LogP contribution >= 0.6 is 11.3 Å². The van der Waals surface area contributed by atoms with Gasteiger partial charge in [0.2, 0.25) is 10.0 Å². The summed E-state index contributed by atoms with van der Waals surface area (Å²) in [7, 11) is -1.82. The summed E-state index contributed by atoms with van der Waals surface area (Å²) in [4.78, 5) is 5.56. The first kappa shape index (κ1) is 16.6. The molecule has 0 saturated carbocycles. The molecule has 0 spiro atoms. The predicted molar refractivity (Wildman–Crippen MR) is 96.5 cm³/mol. The molecule has 24 heavy (non-hydrogen) atoms. The molecule has 3 rings (SSSR count). The molecule has 2 aromatic carbocycles. The number of rotatable bonds is 3. The van der Waals surface area contributed by atoms with Crippen molar-refractivity contribution in [1.29, 1.82) is 0 Å². The standard InChI is InChI=1S/C17H17N3O2S2/c1-12-8-9-14(24(18,21)22)10-15(12)16-11-23-17(20(16)2)19-13-6-4-3-5-7-13/h3-11H,1-2H3,(H2,18,21,22)/b19-17+. The van der Waals surface area contributed by atoms with E-state index in [9.17, 15) is 8.42 Å². The summed E-state index contributed by atoms with van der Waals surface area (Å²) in [5, 5.41) is 7.22. The van der Waals surface area contributed by atoms with Gasteiger partial charge in [0.1, 0.15) is 0 Å². The van der Waals surface area contributed by atoms with Crippen molar-refractivity contribution in [1.82, 2.24) is 4.57 Å². The van der Waals surface area contributed by atoms with E-state index in [0.717, 1.165) is 27.3 Å². The molecule has 0 unspecified atom stereocenters. The van der Waals surface area contributed by atoms with Crippen LogP contribution in [0.2, 0.25) is 0 Å². The number of aryl methyl sites for hydroxylation is 1. The van der Waals surface area contributed by atoms with Crippen LogP contribution in [-0.4, -0.2) is 13.0 Å². The van der Waals surface area contributed by atoms with E-state index in [1.807, 2.05) is 54.3 Å². The van der Waals surface area contributed by atoms with E-state index < -0.39 is 10.0 Å². The van der Waals surface area contributed by atoms with E-state index in [1.54, 1.807) is 12.1 Å². The largest absolute Gasteiger partial charge is 0.320 e. The van der Waals surface area contributed by atoms with Crippen molar-refractivity contribution in [3.8, 4) is 11.3 Å². The number of hydrogen-bond donors (Lipinski definition) is 1. The first-order valence-corrected chi connectivity index (χ1v) is 9.67. The molecular formula is C17H17N3O2S2. The van der Waals surface area contributed by atoms with Gasteiger partial charge >= 0.3 is 0 Å². The number of thiazole rings is 1. The van der Waals surface area contributed by atoms with Crippen LogP contribution in [0.25, 0.3) is 11.3 Å². The summed E-state index contributed by atoms with van der Waals surface area (Å²) in [6, 6.07) is 14.6. The van der Waals surface area contributed by atoms with Crippen LogP contribution in [0.3, 0.4) is 0 Å². The minimum atomic E-state index is -3.73. The van der Waals surface area contributed by atoms with Crippen molar-refractivity contribution in [2.45, 2.75) is 11.8 Å². The smallest absolute Gasteiger partial charge is 0.238 e. The highest BCUT2D eigenvalue weighted by atomic mass is 32.2. The maximum absolute atomic E-state index is 11.6. The van der Waals surface area contributed by atoms with Gasteiger partial charge < -0.3 is 4.57 Å². The number of benzene rings is 2. The van der Waals surface area contributed by atoms with Gasteiger partial charge in [-0.2, -0.15) is 0 Å². The Balaban J connectivity index is 2.14. The van der Waals surface area contributed by atoms with Gasteiger partial charge in [-0.25, -0.2) is 18.5 Å². The molecule has 0 fully saturated rings. The Morgan fingerprint density at radius 1 is 1.12 bits per heavy atom. The number of nitrogens with two attached hydrogens (primary N) is 1. The van der Waals surface area contributed by atoms with E-state index in [2.05, 4.69) is 4.99 Å². The second-order valence-electron chi connectivity index (χ2n) is 5.43. The van der Waals surface area contributed by atoms with Gasteiger partial charge in [-0.15, -0.1) is 11.3 Å². The molecule has 7 heteroatoms. The molecule has 1 aromatic heterocycles. The lowest BCUT2D eigenvalue weighted by molar-refractivity contribution is 0.598. The van der Waals surface area contributed by atoms with Gasteiger partial charge in [-0.3, -0.25) is 0 Å². The SMILES string of the molecule is Cc1ccc(S(N)(=O)=O)cc1-c1cs/c(=N/c2ccccc2)n1C. The molecule has 1 heterocycles. The third-order valence-corrected chi connectivity index (χ3v) is 5.55. The van der Waals surface area contributed by atoms with E-state index in [-0.39, 0.29) is 4.90 Å². The maximum atomic E-state index is 11.6. The van der Waals surface area contributed by atoms with Crippen LogP contribution in [0.15, 0.2) is 63.8 Å². The van der Waals surface area contributed by atoms with E-state index in [1.165, 1.54) is 17.4 Å². The molecule has 124 valence electrons. The highest BCUT2D eigenvalue weighted by Gasteiger charge is 2.13. The normalized spacial score (nSPS) is 12.5. The number of aromatic nitrogens is 1. The van der Waals surface area contributed by atoms with Gasteiger partial charge in [-0.05, 0) is 36.8 Å². The minimum Gasteiger partial charge on any atom is -0.320 e.